The van der Waals surface area contributed by atoms with Crippen molar-refractivity contribution in [2.75, 3.05) is 6.61 Å². The Bertz CT molecular complexity index is 2850. The van der Waals surface area contributed by atoms with Crippen molar-refractivity contribution in [1.82, 2.24) is 0 Å². The lowest BCUT2D eigenvalue weighted by atomic mass is 9.81. The zero-order valence-corrected chi connectivity index (χ0v) is 32.5. The van der Waals surface area contributed by atoms with Gasteiger partial charge in [-0.15, -0.1) is 0 Å². The van der Waals surface area contributed by atoms with Crippen molar-refractivity contribution in [3.8, 4) is 80.1 Å². The van der Waals surface area contributed by atoms with Crippen LogP contribution in [-0.4, -0.2) is 156 Å². The predicted octanol–water partition coefficient (Wildman–Crippen LogP) is -0.796. The zero-order chi connectivity index (χ0) is 47.8. The summed E-state index contributed by atoms with van der Waals surface area (Å²) in [6, 6.07) is 2.52. The standard InChI is InChI=1S/C40H30O26/c41-12-1-8(2-13(42)22(12)47)33(53)65-37-31-30-28(64-38(57)39(58)6-18(46)40(59)32(39)21-11(36(56)63-31)5-16(45)25(50)29(21)66-40)17(61-37)7-60-34(54)9-3-14(43)23(48)26(51)19(9)20-10(35(55)62-30)4-15(44)24(49)27(20)52/h1-5,17-18,28,30-32,37,41-52,58-59H,6-7H2/t17-,18+,28-,30+,31-,32+,37+,39+,40-/m1/s1. The number of benzene rings is 4. The van der Waals surface area contributed by atoms with Crippen molar-refractivity contribution < 1.29 is 129 Å². The number of aliphatic hydroxyl groups excluding tert-OH is 1. The van der Waals surface area contributed by atoms with Gasteiger partial charge in [0.15, 0.2) is 69.6 Å². The summed E-state index contributed by atoms with van der Waals surface area (Å²) in [4.78, 5) is 71.3. The van der Waals surface area contributed by atoms with Crippen molar-refractivity contribution in [2.24, 2.45) is 0 Å². The van der Waals surface area contributed by atoms with Gasteiger partial charge >= 0.3 is 29.8 Å². The number of phenols is 11. The molecule has 4 aromatic carbocycles. The molecule has 0 amide bonds. The van der Waals surface area contributed by atoms with Gasteiger partial charge in [0, 0.05) is 23.1 Å². The van der Waals surface area contributed by atoms with Crippen molar-refractivity contribution in [2.45, 2.75) is 60.5 Å². The molecule has 9 atom stereocenters. The number of fused-ring (bicyclic) bond motifs is 3. The van der Waals surface area contributed by atoms with E-state index in [9.17, 15) is 95.5 Å². The maximum atomic E-state index is 14.6. The molecule has 66 heavy (non-hydrogen) atoms. The summed E-state index contributed by atoms with van der Waals surface area (Å²) in [6.45, 7) is -1.27. The number of aliphatic hydroxyl groups is 3. The van der Waals surface area contributed by atoms with Crippen LogP contribution < -0.4 is 4.74 Å². The molecule has 4 bridgehead atoms. The first-order valence-corrected chi connectivity index (χ1v) is 18.9. The van der Waals surface area contributed by atoms with E-state index in [1.807, 2.05) is 0 Å². The molecule has 4 aliphatic heterocycles. The second-order valence-electron chi connectivity index (χ2n) is 15.5. The number of aromatic hydroxyl groups is 11. The maximum Gasteiger partial charge on any atom is 0.340 e. The third-order valence-corrected chi connectivity index (χ3v) is 11.7. The summed E-state index contributed by atoms with van der Waals surface area (Å²) in [5.41, 5.74) is -10.00. The number of carbonyl (C=O) groups excluding carboxylic acids is 5. The van der Waals surface area contributed by atoms with Gasteiger partial charge in [-0.2, -0.15) is 0 Å². The van der Waals surface area contributed by atoms with E-state index in [4.69, 9.17) is 33.2 Å². The van der Waals surface area contributed by atoms with Gasteiger partial charge in [-0.25, -0.2) is 24.0 Å². The molecule has 4 aromatic rings. The topological polar surface area (TPSA) is 433 Å². The number of cyclic esters (lactones) is 1. The molecule has 9 rings (SSSR count). The van der Waals surface area contributed by atoms with E-state index >= 15 is 0 Å². The lowest BCUT2D eigenvalue weighted by Gasteiger charge is -2.44. The predicted molar refractivity (Wildman–Crippen MR) is 200 cm³/mol. The summed E-state index contributed by atoms with van der Waals surface area (Å²) in [7, 11) is 0. The fraction of sp³-hybridized carbons (Fsp3) is 0.275. The Morgan fingerprint density at radius 2 is 1.12 bits per heavy atom. The molecule has 5 aliphatic rings. The Kier molecular flexibility index (Phi) is 9.33. The number of carbonyl (C=O) groups is 5. The van der Waals surface area contributed by atoms with Gasteiger partial charge in [0.2, 0.25) is 35.4 Å². The van der Waals surface area contributed by atoms with Crippen LogP contribution in [0.2, 0.25) is 0 Å². The van der Waals surface area contributed by atoms with Crippen LogP contribution in [0.4, 0.5) is 0 Å². The van der Waals surface area contributed by atoms with E-state index < -0.39 is 205 Å². The Labute approximate surface area is 363 Å². The fourth-order valence-electron chi connectivity index (χ4n) is 8.60. The highest BCUT2D eigenvalue weighted by atomic mass is 16.8. The molecule has 346 valence electrons. The first-order chi connectivity index (χ1) is 31.0. The molecule has 0 spiro atoms. The minimum Gasteiger partial charge on any atom is -0.504 e. The Hall–Kier alpha value is -8.33. The van der Waals surface area contributed by atoms with Crippen LogP contribution >= 0.6 is 0 Å². The van der Waals surface area contributed by atoms with Crippen LogP contribution in [0.15, 0.2) is 30.3 Å². The zero-order valence-electron chi connectivity index (χ0n) is 32.5. The molecule has 1 saturated heterocycles. The van der Waals surface area contributed by atoms with Gasteiger partial charge in [0.1, 0.15) is 18.8 Å². The lowest BCUT2D eigenvalue weighted by Crippen LogP contribution is -2.64. The maximum absolute atomic E-state index is 14.6. The molecule has 0 aromatic heterocycles. The molecule has 2 fully saturated rings. The van der Waals surface area contributed by atoms with Crippen molar-refractivity contribution in [1.29, 1.82) is 0 Å². The van der Waals surface area contributed by atoms with E-state index in [1.54, 1.807) is 0 Å². The van der Waals surface area contributed by atoms with Crippen molar-refractivity contribution >= 4 is 29.8 Å². The quantitative estimate of drug-likeness (QED) is 0.0665. The Morgan fingerprint density at radius 1 is 0.606 bits per heavy atom. The average molecular weight is 927 g/mol. The Morgan fingerprint density at radius 3 is 1.73 bits per heavy atom. The first kappa shape index (κ1) is 42.9. The van der Waals surface area contributed by atoms with Crippen LogP contribution in [0.5, 0.6) is 69.0 Å². The molecule has 26 heteroatoms. The summed E-state index contributed by atoms with van der Waals surface area (Å²) in [6.07, 6.45) is -15.5. The molecular weight excluding hydrogens is 896 g/mol. The normalized spacial score (nSPS) is 28.6. The molecule has 26 nitrogen and oxygen atoms in total. The van der Waals surface area contributed by atoms with Crippen molar-refractivity contribution in [3.05, 3.63) is 58.1 Å². The molecule has 0 radical (unpaired) electrons. The van der Waals surface area contributed by atoms with Crippen LogP contribution in [-0.2, 0) is 33.2 Å². The van der Waals surface area contributed by atoms with E-state index in [0.29, 0.717) is 30.3 Å². The minimum absolute atomic E-state index is 0.387. The minimum atomic E-state index is -3.22. The third kappa shape index (κ3) is 5.99. The Balaban J connectivity index is 1.28. The highest BCUT2D eigenvalue weighted by molar-refractivity contribution is 6.08. The van der Waals surface area contributed by atoms with Crippen LogP contribution in [0, 0.1) is 0 Å². The van der Waals surface area contributed by atoms with Gasteiger partial charge < -0.3 is 105 Å². The van der Waals surface area contributed by atoms with Gasteiger partial charge in [0.05, 0.1) is 28.2 Å². The molecule has 4 heterocycles. The number of esters is 5. The monoisotopic (exact) mass is 926 g/mol. The summed E-state index contributed by atoms with van der Waals surface area (Å²) < 4.78 is 39.3. The number of rotatable bonds is 2. The molecule has 1 aliphatic carbocycles. The largest absolute Gasteiger partial charge is 0.504 e. The smallest absolute Gasteiger partial charge is 0.340 e. The van der Waals surface area contributed by atoms with Gasteiger partial charge in [-0.05, 0) is 30.3 Å². The number of phenolic OH excluding ortho intramolecular Hbond substituents is 11. The number of hydrogen-bond acceptors (Lipinski definition) is 26. The van der Waals surface area contributed by atoms with E-state index in [2.05, 4.69) is 0 Å². The second kappa shape index (κ2) is 14.3. The van der Waals surface area contributed by atoms with Crippen molar-refractivity contribution in [3.63, 3.8) is 0 Å². The van der Waals surface area contributed by atoms with Gasteiger partial charge in [0.25, 0.3) is 0 Å². The third-order valence-electron chi connectivity index (χ3n) is 11.7. The highest BCUT2D eigenvalue weighted by Crippen LogP contribution is 2.62. The summed E-state index contributed by atoms with van der Waals surface area (Å²) in [5.74, 6) is -28.7. The summed E-state index contributed by atoms with van der Waals surface area (Å²) >= 11 is 0. The highest BCUT2D eigenvalue weighted by Gasteiger charge is 2.73. The molecular formula is C40H30O26. The fourth-order valence-corrected chi connectivity index (χ4v) is 8.60. The second-order valence-corrected chi connectivity index (χ2v) is 15.5. The SMILES string of the molecule is O=C(O[C@@H]1O[C@@H]2COC(=O)c3cc(O)c(O)c(O)c3-c3c(cc(O)c(O)c3O)C(=O)O[C@@H]3[C@H]1OC(=O)c1cc(O)c(O)c4c1[C@@H]1[C@](O)(O4)[C@@H](O)C[C@@]1(O)C(=O)O[C@@H]32)c1cc(O)c(O)c(O)c1. The first-order valence-electron chi connectivity index (χ1n) is 18.9. The summed E-state index contributed by atoms with van der Waals surface area (Å²) in [5, 5.41) is 151. The van der Waals surface area contributed by atoms with Gasteiger partial charge in [-0.3, -0.25) is 0 Å². The van der Waals surface area contributed by atoms with Crippen LogP contribution in [0.3, 0.4) is 0 Å². The molecule has 1 saturated carbocycles. The molecule has 0 unspecified atom stereocenters. The van der Waals surface area contributed by atoms with Gasteiger partial charge in [-0.1, -0.05) is 0 Å². The van der Waals surface area contributed by atoms with E-state index in [1.165, 1.54) is 0 Å². The average Bonchev–Trinajstić information content (AvgIpc) is 3.69. The van der Waals surface area contributed by atoms with E-state index in [-0.39, 0.29) is 0 Å². The number of hydrogen-bond donors (Lipinski definition) is 14. The van der Waals surface area contributed by atoms with Crippen LogP contribution in [0.25, 0.3) is 11.1 Å². The lowest BCUT2D eigenvalue weighted by molar-refractivity contribution is -0.289. The molecule has 14 N–H and O–H groups in total. The number of ether oxygens (including phenoxy) is 7. The van der Waals surface area contributed by atoms with E-state index in [0.717, 1.165) is 0 Å². The van der Waals surface area contributed by atoms with Crippen LogP contribution in [0.1, 0.15) is 59.3 Å².